The first-order valence-corrected chi connectivity index (χ1v) is 10.6. The van der Waals surface area contributed by atoms with Crippen LogP contribution in [0, 0.1) is 5.92 Å². The van der Waals surface area contributed by atoms with Gasteiger partial charge in [0, 0.05) is 0 Å². The quantitative estimate of drug-likeness (QED) is 0.0824. The minimum atomic E-state index is -2.74. The van der Waals surface area contributed by atoms with E-state index in [2.05, 4.69) is 0 Å². The number of allylic oxidation sites excluding steroid dienone is 3. The van der Waals surface area contributed by atoms with Gasteiger partial charge in [-0.05, 0) is 24.5 Å². The Hall–Kier alpha value is -1.92. The van der Waals surface area contributed by atoms with E-state index in [1.54, 1.807) is 51.1 Å². The van der Waals surface area contributed by atoms with Gasteiger partial charge in [-0.2, -0.15) is 0 Å². The van der Waals surface area contributed by atoms with Gasteiger partial charge in [-0.25, -0.2) is 4.79 Å². The number of benzene rings is 1. The molecule has 7 N–H and O–H groups in total. The van der Waals surface area contributed by atoms with Crippen LogP contribution in [-0.4, -0.2) is 73.0 Å². The Morgan fingerprint density at radius 1 is 0.900 bits per heavy atom. The summed E-state index contributed by atoms with van der Waals surface area (Å²) in [6.45, 7) is 5.36. The van der Waals surface area contributed by atoms with Crippen LogP contribution in [-0.2, 0) is 24.0 Å². The van der Waals surface area contributed by atoms with Crippen molar-refractivity contribution in [1.29, 1.82) is 0 Å². The summed E-state index contributed by atoms with van der Waals surface area (Å²) in [7, 11) is 0. The molecule has 0 unspecified atom stereocenters. The summed E-state index contributed by atoms with van der Waals surface area (Å²) >= 11 is 0. The van der Waals surface area contributed by atoms with E-state index in [1.165, 1.54) is 18.2 Å². The molecule has 40 heavy (non-hydrogen) atoms. The number of aromatic carboxylic acids is 1. The van der Waals surface area contributed by atoms with Crippen molar-refractivity contribution in [3.8, 4) is 0 Å². The van der Waals surface area contributed by atoms with E-state index in [0.29, 0.717) is 0 Å². The molecule has 1 aromatic carbocycles. The first kappa shape index (κ1) is 47.8. The van der Waals surface area contributed by atoms with E-state index in [4.69, 9.17) is 31.3 Å². The maximum Gasteiger partial charge on any atom is 1.00 e. The van der Waals surface area contributed by atoms with Crippen LogP contribution in [0.25, 0.3) is 0 Å². The molecule has 212 valence electrons. The minimum absolute atomic E-state index is 0. The van der Waals surface area contributed by atoms with Crippen molar-refractivity contribution in [2.45, 2.75) is 45.3 Å². The van der Waals surface area contributed by atoms with Gasteiger partial charge in [0.1, 0.15) is 6.04 Å². The molecule has 0 heterocycles. The first-order valence-electron chi connectivity index (χ1n) is 10.6. The molecule has 14 nitrogen and oxygen atoms in total. The molecule has 0 bridgehead atoms. The monoisotopic (exact) mass is 603 g/mol. The van der Waals surface area contributed by atoms with Gasteiger partial charge < -0.3 is 51.1 Å². The summed E-state index contributed by atoms with van der Waals surface area (Å²) in [5.74, 6) is -8.22. The zero-order valence-corrected chi connectivity index (χ0v) is 28.0. The second-order valence-electron chi connectivity index (χ2n) is 7.44. The molecule has 0 aromatic heterocycles. The Kier molecular flexibility index (Phi) is 32.6. The van der Waals surface area contributed by atoms with Crippen LogP contribution < -0.4 is 96.9 Å². The molecular weight excluding hydrogens is 572 g/mol. The molecule has 0 fully saturated rings. The van der Waals surface area contributed by atoms with Crippen molar-refractivity contribution >= 4 is 35.8 Å². The topological polar surface area (TPSA) is 276 Å². The molecule has 0 radical (unpaired) electrons. The average Bonchev–Trinajstić information content (AvgIpc) is 2.79. The smallest absolute Gasteiger partial charge is 0.545 e. The van der Waals surface area contributed by atoms with Crippen LogP contribution >= 0.6 is 0 Å². The Labute approximate surface area is 295 Å². The molecule has 0 aliphatic carbocycles. The van der Waals surface area contributed by atoms with Crippen LogP contribution in [0.3, 0.4) is 0 Å². The standard InChI is InChI=1S/C7H6O2.C6H8O7.C6H8O2.C5H11NO2.K.Na/c8-7(9)6-4-2-1-3-5-6;7-3(8)1-6(13,5(11)12)2-4(9)10;1-2-3-4-5-6(7)8;1-3(2)4(6)5(7)8;;/h1-5H,(H,8,9);13H,1-2H2,(H,7,8)(H,9,10)(H,11,12);2-5H,1H3,(H,7,8);3-4H,6H2,1-2H3,(H,7,8);;/q;;;;2*+1/p-2/b;;3-2+,5-4+;;;/t;;;4-;;/m...0../s1. The number of hydrogen-bond donors (Lipinski definition) is 6. The van der Waals surface area contributed by atoms with Crippen LogP contribution in [0.1, 0.15) is 44.0 Å². The summed E-state index contributed by atoms with van der Waals surface area (Å²) in [5, 5.41) is 61.8. The Bertz CT molecular complexity index is 966. The van der Waals surface area contributed by atoms with Crippen LogP contribution in [0.2, 0.25) is 0 Å². The number of aliphatic carboxylic acids is 5. The zero-order valence-electron chi connectivity index (χ0n) is 22.8. The molecule has 0 saturated carbocycles. The number of carboxylic acids is 6. The third kappa shape index (κ3) is 29.1. The Morgan fingerprint density at radius 2 is 1.32 bits per heavy atom. The Morgan fingerprint density at radius 3 is 1.52 bits per heavy atom. The van der Waals surface area contributed by atoms with Crippen molar-refractivity contribution in [2.75, 3.05) is 0 Å². The van der Waals surface area contributed by atoms with Gasteiger partial charge in [0.15, 0.2) is 5.60 Å². The third-order valence-corrected chi connectivity index (χ3v) is 3.83. The van der Waals surface area contributed by atoms with Crippen molar-refractivity contribution < 1.29 is 145 Å². The average molecular weight is 604 g/mol. The zero-order chi connectivity index (χ0) is 30.5. The second kappa shape index (κ2) is 27.3. The minimum Gasteiger partial charge on any atom is -0.545 e. The molecule has 1 rings (SSSR count). The number of carboxylic acid groups (broad SMARTS) is 6. The van der Waals surface area contributed by atoms with Crippen molar-refractivity contribution in [1.82, 2.24) is 0 Å². The SMILES string of the molecule is C/C=C/C=C/C(=O)[O-].CC(C)[C@H](N)C(=O)O.O=C(O)CC(O)(CC(=O)O)C(=O)O.O=C([O-])c1ccccc1.[K+].[Na+]. The second-order valence-corrected chi connectivity index (χ2v) is 7.44. The molecule has 0 amide bonds. The maximum atomic E-state index is 10.3. The molecule has 0 saturated heterocycles. The summed E-state index contributed by atoms with van der Waals surface area (Å²) in [4.78, 5) is 60.2. The molecule has 0 aliphatic rings. The molecule has 0 spiro atoms. The number of nitrogens with two attached hydrogens (primary N) is 1. The fourth-order valence-corrected chi connectivity index (χ4v) is 1.82. The summed E-state index contributed by atoms with van der Waals surface area (Å²) in [6.07, 6.45) is 3.45. The predicted molar refractivity (Wildman–Crippen MR) is 127 cm³/mol. The van der Waals surface area contributed by atoms with Gasteiger partial charge in [0.2, 0.25) is 0 Å². The van der Waals surface area contributed by atoms with Gasteiger partial charge >= 0.3 is 105 Å². The van der Waals surface area contributed by atoms with Crippen molar-refractivity contribution in [2.24, 2.45) is 11.7 Å². The number of carbonyl (C=O) groups excluding carboxylic acids is 2. The molecule has 0 aliphatic heterocycles. The van der Waals surface area contributed by atoms with E-state index in [-0.39, 0.29) is 92.4 Å². The number of aliphatic hydroxyl groups is 1. The summed E-state index contributed by atoms with van der Waals surface area (Å²) in [5.41, 5.74) is 2.64. The van der Waals surface area contributed by atoms with Crippen LogP contribution in [0.4, 0.5) is 0 Å². The molecule has 1 atom stereocenters. The third-order valence-electron chi connectivity index (χ3n) is 3.83. The number of hydrogen-bond acceptors (Lipinski definition) is 10. The van der Waals surface area contributed by atoms with Crippen LogP contribution in [0.5, 0.6) is 0 Å². The van der Waals surface area contributed by atoms with Crippen LogP contribution in [0.15, 0.2) is 54.6 Å². The van der Waals surface area contributed by atoms with E-state index in [1.807, 2.05) is 0 Å². The van der Waals surface area contributed by atoms with Crippen molar-refractivity contribution in [3.63, 3.8) is 0 Å². The Balaban J connectivity index is -0.000000137. The van der Waals surface area contributed by atoms with E-state index in [0.717, 1.165) is 6.08 Å². The van der Waals surface area contributed by atoms with E-state index >= 15 is 0 Å². The van der Waals surface area contributed by atoms with Gasteiger partial charge in [-0.15, -0.1) is 0 Å². The molecule has 1 aromatic rings. The van der Waals surface area contributed by atoms with E-state index < -0.39 is 60.3 Å². The van der Waals surface area contributed by atoms with Gasteiger partial charge in [0.05, 0.1) is 24.8 Å². The molecule has 16 heteroatoms. The normalized spacial score (nSPS) is 10.6. The fraction of sp³-hybridized carbons (Fsp3) is 0.333. The predicted octanol–water partition coefficient (Wildman–Crippen LogP) is -7.27. The maximum absolute atomic E-state index is 10.3. The van der Waals surface area contributed by atoms with Gasteiger partial charge in [-0.3, -0.25) is 14.4 Å². The summed E-state index contributed by atoms with van der Waals surface area (Å²) < 4.78 is 0. The van der Waals surface area contributed by atoms with Gasteiger partial charge in [-0.1, -0.05) is 62.4 Å². The number of rotatable bonds is 10. The van der Waals surface area contributed by atoms with Gasteiger partial charge in [0.25, 0.3) is 0 Å². The first-order chi connectivity index (χ1) is 17.4. The van der Waals surface area contributed by atoms with E-state index in [9.17, 15) is 39.0 Å². The number of carbonyl (C=O) groups is 6. The fourth-order valence-electron chi connectivity index (χ4n) is 1.82. The largest absolute Gasteiger partial charge is 1.00 e. The molecular formula is C24H31KNNaO13. The van der Waals surface area contributed by atoms with Crippen molar-refractivity contribution in [3.05, 3.63) is 60.2 Å². The summed E-state index contributed by atoms with van der Waals surface area (Å²) in [6, 6.07) is 7.35.